The number of aromatic hydroxyl groups is 1. The molecule has 30 heavy (non-hydrogen) atoms. The standard InChI is InChI=1S/C26H27NO3/c1-19-15-20(25(29)21(16-19)18-28)17-27-14-8-13-24(27)26(30,22-9-4-2-5-10-22)23-11-6-3-7-12-23/h2-7,9-12,15-16,18,24,29-30H,8,13-14,17H2,1H3/t24-/m0/s1. The molecule has 0 bridgehead atoms. The first kappa shape index (κ1) is 20.3. The van der Waals surface area contributed by atoms with Gasteiger partial charge in [0.2, 0.25) is 0 Å². The van der Waals surface area contributed by atoms with Gasteiger partial charge in [-0.05, 0) is 49.1 Å². The van der Waals surface area contributed by atoms with Crippen molar-refractivity contribution in [1.82, 2.24) is 4.90 Å². The van der Waals surface area contributed by atoms with Gasteiger partial charge in [0.25, 0.3) is 0 Å². The third kappa shape index (κ3) is 3.64. The van der Waals surface area contributed by atoms with Crippen LogP contribution in [0.2, 0.25) is 0 Å². The molecule has 1 atom stereocenters. The van der Waals surface area contributed by atoms with E-state index in [0.717, 1.165) is 36.1 Å². The predicted octanol–water partition coefficient (Wildman–Crippen LogP) is 4.41. The highest BCUT2D eigenvalue weighted by atomic mass is 16.3. The van der Waals surface area contributed by atoms with E-state index in [1.54, 1.807) is 6.07 Å². The molecule has 2 N–H and O–H groups in total. The minimum absolute atomic E-state index is 0.0317. The van der Waals surface area contributed by atoms with E-state index in [0.29, 0.717) is 24.0 Å². The van der Waals surface area contributed by atoms with Crippen molar-refractivity contribution < 1.29 is 15.0 Å². The van der Waals surface area contributed by atoms with Crippen LogP contribution in [0.15, 0.2) is 72.8 Å². The van der Waals surface area contributed by atoms with E-state index < -0.39 is 5.60 Å². The van der Waals surface area contributed by atoms with Crippen molar-refractivity contribution in [1.29, 1.82) is 0 Å². The van der Waals surface area contributed by atoms with Crippen molar-refractivity contribution in [3.05, 3.63) is 101 Å². The van der Waals surface area contributed by atoms with Gasteiger partial charge in [-0.1, -0.05) is 66.7 Å². The van der Waals surface area contributed by atoms with Crippen molar-refractivity contribution in [2.75, 3.05) is 6.54 Å². The molecule has 0 amide bonds. The molecule has 0 aliphatic carbocycles. The fraction of sp³-hybridized carbons (Fsp3) is 0.269. The van der Waals surface area contributed by atoms with Gasteiger partial charge >= 0.3 is 0 Å². The van der Waals surface area contributed by atoms with Crippen LogP contribution in [0.25, 0.3) is 0 Å². The summed E-state index contributed by atoms with van der Waals surface area (Å²) in [5.41, 5.74) is 2.49. The lowest BCUT2D eigenvalue weighted by molar-refractivity contribution is -0.00673. The number of carbonyl (C=O) groups excluding carboxylic acids is 1. The Hall–Kier alpha value is -2.95. The monoisotopic (exact) mass is 401 g/mol. The van der Waals surface area contributed by atoms with E-state index in [-0.39, 0.29) is 11.8 Å². The van der Waals surface area contributed by atoms with Crippen LogP contribution in [0.1, 0.15) is 45.5 Å². The van der Waals surface area contributed by atoms with Gasteiger partial charge in [-0.15, -0.1) is 0 Å². The quantitative estimate of drug-likeness (QED) is 0.601. The first-order valence-electron chi connectivity index (χ1n) is 10.4. The fourth-order valence-electron chi connectivity index (χ4n) is 4.74. The summed E-state index contributed by atoms with van der Waals surface area (Å²) in [6.45, 7) is 3.21. The molecule has 0 aromatic heterocycles. The highest BCUT2D eigenvalue weighted by Crippen LogP contribution is 2.41. The minimum atomic E-state index is -1.17. The number of aryl methyl sites for hydroxylation is 1. The van der Waals surface area contributed by atoms with Crippen molar-refractivity contribution in [2.45, 2.75) is 38.0 Å². The van der Waals surface area contributed by atoms with E-state index in [9.17, 15) is 15.0 Å². The maximum atomic E-state index is 12.2. The van der Waals surface area contributed by atoms with Crippen molar-refractivity contribution in [2.24, 2.45) is 0 Å². The van der Waals surface area contributed by atoms with Gasteiger partial charge in [0, 0.05) is 18.2 Å². The Balaban J connectivity index is 1.75. The first-order valence-corrected chi connectivity index (χ1v) is 10.4. The molecule has 154 valence electrons. The maximum absolute atomic E-state index is 12.2. The highest BCUT2D eigenvalue weighted by Gasteiger charge is 2.45. The van der Waals surface area contributed by atoms with E-state index in [1.807, 2.05) is 73.7 Å². The van der Waals surface area contributed by atoms with E-state index >= 15 is 0 Å². The number of aliphatic hydroxyl groups is 1. The molecular formula is C26H27NO3. The summed E-state index contributed by atoms with van der Waals surface area (Å²) in [4.78, 5) is 13.6. The molecule has 4 nitrogen and oxygen atoms in total. The van der Waals surface area contributed by atoms with Gasteiger partial charge in [0.1, 0.15) is 11.4 Å². The second-order valence-corrected chi connectivity index (χ2v) is 8.11. The van der Waals surface area contributed by atoms with Crippen LogP contribution in [0.4, 0.5) is 0 Å². The topological polar surface area (TPSA) is 60.8 Å². The third-order valence-corrected chi connectivity index (χ3v) is 6.14. The number of likely N-dealkylation sites (tertiary alicyclic amines) is 1. The molecular weight excluding hydrogens is 374 g/mol. The number of carbonyl (C=O) groups is 1. The Morgan fingerprint density at radius 2 is 1.63 bits per heavy atom. The van der Waals surface area contributed by atoms with Crippen LogP contribution in [-0.4, -0.2) is 34.0 Å². The number of aldehydes is 1. The molecule has 0 saturated carbocycles. The van der Waals surface area contributed by atoms with Crippen LogP contribution in [0.5, 0.6) is 5.75 Å². The normalized spacial score (nSPS) is 17.2. The highest BCUT2D eigenvalue weighted by molar-refractivity contribution is 5.80. The SMILES string of the molecule is Cc1cc(C=O)c(O)c(CN2CCC[C@H]2C(O)(c2ccccc2)c2ccccc2)c1. The minimum Gasteiger partial charge on any atom is -0.507 e. The molecule has 4 heteroatoms. The van der Waals surface area contributed by atoms with Gasteiger partial charge < -0.3 is 10.2 Å². The molecule has 3 aromatic carbocycles. The van der Waals surface area contributed by atoms with Gasteiger partial charge in [-0.2, -0.15) is 0 Å². The van der Waals surface area contributed by atoms with Gasteiger partial charge in [0.05, 0.1) is 5.56 Å². The molecule has 0 unspecified atom stereocenters. The third-order valence-electron chi connectivity index (χ3n) is 6.14. The molecule has 3 aromatic rings. The number of rotatable bonds is 6. The molecule has 1 saturated heterocycles. The average Bonchev–Trinajstić information content (AvgIpc) is 3.25. The van der Waals surface area contributed by atoms with Crippen LogP contribution in [0, 0.1) is 6.92 Å². The van der Waals surface area contributed by atoms with E-state index in [1.165, 1.54) is 0 Å². The lowest BCUT2D eigenvalue weighted by atomic mass is 9.79. The maximum Gasteiger partial charge on any atom is 0.153 e. The molecule has 0 radical (unpaired) electrons. The molecule has 1 heterocycles. The Morgan fingerprint density at radius 3 is 2.20 bits per heavy atom. The average molecular weight is 402 g/mol. The van der Waals surface area contributed by atoms with Crippen molar-refractivity contribution in [3.63, 3.8) is 0 Å². The summed E-state index contributed by atoms with van der Waals surface area (Å²) in [5.74, 6) is 0.0317. The second-order valence-electron chi connectivity index (χ2n) is 8.11. The first-order chi connectivity index (χ1) is 14.5. The van der Waals surface area contributed by atoms with E-state index in [2.05, 4.69) is 4.90 Å². The number of nitrogens with zero attached hydrogens (tertiary/aromatic N) is 1. The number of benzene rings is 3. The predicted molar refractivity (Wildman–Crippen MR) is 118 cm³/mol. The Morgan fingerprint density at radius 1 is 1.03 bits per heavy atom. The smallest absolute Gasteiger partial charge is 0.153 e. The Bertz CT molecular complexity index is 978. The fourth-order valence-corrected chi connectivity index (χ4v) is 4.74. The van der Waals surface area contributed by atoms with Gasteiger partial charge in [-0.25, -0.2) is 0 Å². The summed E-state index contributed by atoms with van der Waals surface area (Å²) in [6.07, 6.45) is 2.49. The van der Waals surface area contributed by atoms with Crippen molar-refractivity contribution >= 4 is 6.29 Å². The molecule has 4 rings (SSSR count). The summed E-state index contributed by atoms with van der Waals surface area (Å²) >= 11 is 0. The van der Waals surface area contributed by atoms with Crippen LogP contribution in [-0.2, 0) is 12.1 Å². The van der Waals surface area contributed by atoms with E-state index in [4.69, 9.17) is 0 Å². The molecule has 1 aliphatic rings. The number of phenols is 1. The summed E-state index contributed by atoms with van der Waals surface area (Å²) in [5, 5.41) is 22.7. The zero-order valence-electron chi connectivity index (χ0n) is 17.2. The van der Waals surface area contributed by atoms with Crippen molar-refractivity contribution in [3.8, 4) is 5.75 Å². The lowest BCUT2D eigenvalue weighted by Gasteiger charge is -2.40. The Kier molecular flexibility index (Phi) is 5.71. The number of hydrogen-bond acceptors (Lipinski definition) is 4. The molecule has 0 spiro atoms. The Labute approximate surface area is 177 Å². The van der Waals surface area contributed by atoms with Gasteiger partial charge in [0.15, 0.2) is 6.29 Å². The number of phenolic OH excluding ortho intramolecular Hbond substituents is 1. The zero-order valence-corrected chi connectivity index (χ0v) is 17.2. The zero-order chi connectivity index (χ0) is 21.1. The van der Waals surface area contributed by atoms with Gasteiger partial charge in [-0.3, -0.25) is 9.69 Å². The van der Waals surface area contributed by atoms with Crippen LogP contribution < -0.4 is 0 Å². The summed E-state index contributed by atoms with van der Waals surface area (Å²) in [6, 6.07) is 23.0. The van der Waals surface area contributed by atoms with Crippen LogP contribution >= 0.6 is 0 Å². The summed E-state index contributed by atoms with van der Waals surface area (Å²) in [7, 11) is 0. The molecule has 1 fully saturated rings. The number of hydrogen-bond donors (Lipinski definition) is 2. The lowest BCUT2D eigenvalue weighted by Crippen LogP contribution is -2.48. The second kappa shape index (κ2) is 8.42. The largest absolute Gasteiger partial charge is 0.507 e. The molecule has 1 aliphatic heterocycles. The summed E-state index contributed by atoms with van der Waals surface area (Å²) < 4.78 is 0. The van der Waals surface area contributed by atoms with Crippen LogP contribution in [0.3, 0.4) is 0 Å².